The number of aliphatic imine (C=N–C) groups is 1. The number of nitrogens with one attached hydrogen (secondary N) is 1. The molecule has 6 heteroatoms. The van der Waals surface area contributed by atoms with Crippen LogP contribution in [0.25, 0.3) is 0 Å². The van der Waals surface area contributed by atoms with Crippen molar-refractivity contribution in [3.05, 3.63) is 29.8 Å². The first-order chi connectivity index (χ1) is 9.69. The number of hydrogen-bond donors (Lipinski definition) is 2. The van der Waals surface area contributed by atoms with Gasteiger partial charge in [-0.05, 0) is 37.1 Å². The fraction of sp³-hybridized carbons (Fsp3) is 0.429. The Hall–Kier alpha value is -1.59. The molecule has 1 aliphatic rings. The molecule has 0 aliphatic carbocycles. The molecule has 1 amide bonds. The van der Waals surface area contributed by atoms with Crippen molar-refractivity contribution in [3.8, 4) is 0 Å². The molecule has 2 rings (SSSR count). The first-order valence-corrected chi connectivity index (χ1v) is 7.11. The summed E-state index contributed by atoms with van der Waals surface area (Å²) in [6.07, 6.45) is 2.22. The van der Waals surface area contributed by atoms with E-state index in [0.29, 0.717) is 23.6 Å². The van der Waals surface area contributed by atoms with E-state index in [2.05, 4.69) is 10.3 Å². The summed E-state index contributed by atoms with van der Waals surface area (Å²) in [5.41, 5.74) is 6.81. The van der Waals surface area contributed by atoms with Crippen LogP contribution in [-0.2, 0) is 4.74 Å². The van der Waals surface area contributed by atoms with Crippen LogP contribution in [0, 0.1) is 0 Å². The van der Waals surface area contributed by atoms with Crippen molar-refractivity contribution < 1.29 is 9.53 Å². The second-order valence-electron chi connectivity index (χ2n) is 4.63. The number of hydrogen-bond acceptors (Lipinski definition) is 3. The van der Waals surface area contributed by atoms with Gasteiger partial charge in [0.1, 0.15) is 5.84 Å². The smallest absolute Gasteiger partial charge is 0.251 e. The third-order valence-corrected chi connectivity index (χ3v) is 3.33. The van der Waals surface area contributed by atoms with Gasteiger partial charge in [-0.3, -0.25) is 4.79 Å². The Balaban J connectivity index is 1.90. The summed E-state index contributed by atoms with van der Waals surface area (Å²) < 4.78 is 5.46. The lowest BCUT2D eigenvalue weighted by Gasteiger charge is -2.10. The second kappa shape index (κ2) is 7.26. The number of alkyl halides is 1. The minimum Gasteiger partial charge on any atom is -0.386 e. The number of ether oxygens (including phenoxy) is 1. The largest absolute Gasteiger partial charge is 0.386 e. The Morgan fingerprint density at radius 1 is 1.45 bits per heavy atom. The second-order valence-corrected chi connectivity index (χ2v) is 4.90. The van der Waals surface area contributed by atoms with Gasteiger partial charge >= 0.3 is 0 Å². The molecule has 1 aromatic carbocycles. The normalized spacial score (nSPS) is 19.1. The number of nitrogens with zero attached hydrogens (tertiary/aromatic N) is 1. The zero-order valence-electron chi connectivity index (χ0n) is 11.1. The van der Waals surface area contributed by atoms with Crippen LogP contribution in [0.5, 0.6) is 0 Å². The maximum atomic E-state index is 11.9. The highest BCUT2D eigenvalue weighted by Crippen LogP contribution is 2.14. The Kier molecular flexibility index (Phi) is 5.38. The third kappa shape index (κ3) is 4.21. The van der Waals surface area contributed by atoms with Crippen LogP contribution in [0.2, 0.25) is 0 Å². The van der Waals surface area contributed by atoms with E-state index in [9.17, 15) is 4.79 Å². The molecule has 0 spiro atoms. The van der Waals surface area contributed by atoms with Crippen molar-refractivity contribution in [3.63, 3.8) is 0 Å². The molecule has 1 aromatic rings. The zero-order valence-corrected chi connectivity index (χ0v) is 11.9. The summed E-state index contributed by atoms with van der Waals surface area (Å²) in [4.78, 5) is 16.0. The van der Waals surface area contributed by atoms with Crippen molar-refractivity contribution in [1.29, 1.82) is 0 Å². The first-order valence-electron chi connectivity index (χ1n) is 6.58. The molecular formula is C14H18ClN3O2. The first kappa shape index (κ1) is 14.8. The SMILES string of the molecule is NC(CCl)=Nc1ccc(C(=O)NCC2CCCO2)cc1. The molecule has 1 atom stereocenters. The molecule has 0 radical (unpaired) electrons. The van der Waals surface area contributed by atoms with Gasteiger partial charge in [-0.2, -0.15) is 0 Å². The predicted octanol–water partition coefficient (Wildman–Crippen LogP) is 1.82. The van der Waals surface area contributed by atoms with Gasteiger partial charge in [0.15, 0.2) is 0 Å². The van der Waals surface area contributed by atoms with Gasteiger partial charge in [0.05, 0.1) is 17.7 Å². The molecule has 0 saturated carbocycles. The molecule has 1 saturated heterocycles. The Morgan fingerprint density at radius 2 is 2.20 bits per heavy atom. The molecule has 5 nitrogen and oxygen atoms in total. The highest BCUT2D eigenvalue weighted by Gasteiger charge is 2.16. The van der Waals surface area contributed by atoms with Crippen LogP contribution in [0.1, 0.15) is 23.2 Å². The highest BCUT2D eigenvalue weighted by molar-refractivity contribution is 6.28. The van der Waals surface area contributed by atoms with Crippen molar-refractivity contribution in [2.24, 2.45) is 10.7 Å². The fourth-order valence-electron chi connectivity index (χ4n) is 2.00. The number of halogens is 1. The van der Waals surface area contributed by atoms with Gasteiger partial charge in [-0.25, -0.2) is 4.99 Å². The molecule has 1 aliphatic heterocycles. The molecule has 1 unspecified atom stereocenters. The van der Waals surface area contributed by atoms with Gasteiger partial charge in [0.2, 0.25) is 0 Å². The van der Waals surface area contributed by atoms with E-state index in [0.717, 1.165) is 19.4 Å². The van der Waals surface area contributed by atoms with Crippen LogP contribution >= 0.6 is 11.6 Å². The summed E-state index contributed by atoms with van der Waals surface area (Å²) in [5.74, 6) is 0.424. The molecule has 1 heterocycles. The number of carbonyl (C=O) groups is 1. The van der Waals surface area contributed by atoms with Crippen LogP contribution in [0.3, 0.4) is 0 Å². The molecule has 0 aromatic heterocycles. The molecule has 1 fully saturated rings. The standard InChI is InChI=1S/C14H18ClN3O2/c15-8-13(16)18-11-5-3-10(4-6-11)14(19)17-9-12-2-1-7-20-12/h3-6,12H,1-2,7-9H2,(H2,16,18)(H,17,19). The Bertz CT molecular complexity index is 482. The minimum absolute atomic E-state index is 0.110. The molecule has 0 bridgehead atoms. The van der Waals surface area contributed by atoms with E-state index in [1.807, 2.05) is 0 Å². The lowest BCUT2D eigenvalue weighted by Crippen LogP contribution is -2.31. The summed E-state index contributed by atoms with van der Waals surface area (Å²) in [6.45, 7) is 1.34. The van der Waals surface area contributed by atoms with E-state index < -0.39 is 0 Å². The van der Waals surface area contributed by atoms with Crippen LogP contribution in [-0.4, -0.2) is 36.9 Å². The molecule has 108 valence electrons. The summed E-state index contributed by atoms with van der Waals surface area (Å²) >= 11 is 5.56. The fourth-order valence-corrected chi connectivity index (χ4v) is 2.06. The molecular weight excluding hydrogens is 278 g/mol. The Labute approximate surface area is 123 Å². The maximum absolute atomic E-state index is 11.9. The average Bonchev–Trinajstić information content (AvgIpc) is 2.98. The number of nitrogens with two attached hydrogens (primary N) is 1. The zero-order chi connectivity index (χ0) is 14.4. The Morgan fingerprint density at radius 3 is 2.80 bits per heavy atom. The number of amidine groups is 1. The van der Waals surface area contributed by atoms with Crippen molar-refractivity contribution in [1.82, 2.24) is 5.32 Å². The van der Waals surface area contributed by atoms with E-state index in [-0.39, 0.29) is 17.9 Å². The average molecular weight is 296 g/mol. The van der Waals surface area contributed by atoms with E-state index in [4.69, 9.17) is 22.1 Å². The van der Waals surface area contributed by atoms with E-state index >= 15 is 0 Å². The lowest BCUT2D eigenvalue weighted by atomic mass is 10.2. The van der Waals surface area contributed by atoms with E-state index in [1.54, 1.807) is 24.3 Å². The quantitative estimate of drug-likeness (QED) is 0.494. The predicted molar refractivity (Wildman–Crippen MR) is 79.8 cm³/mol. The van der Waals surface area contributed by atoms with Crippen LogP contribution in [0.15, 0.2) is 29.3 Å². The monoisotopic (exact) mass is 295 g/mol. The number of rotatable bonds is 5. The molecule has 3 N–H and O–H groups in total. The van der Waals surface area contributed by atoms with Crippen molar-refractivity contribution in [2.75, 3.05) is 19.0 Å². The van der Waals surface area contributed by atoms with Gasteiger partial charge < -0.3 is 15.8 Å². The molecule has 20 heavy (non-hydrogen) atoms. The van der Waals surface area contributed by atoms with Crippen molar-refractivity contribution >= 4 is 29.0 Å². The van der Waals surface area contributed by atoms with Gasteiger partial charge in [-0.15, -0.1) is 11.6 Å². The third-order valence-electron chi connectivity index (χ3n) is 3.05. The van der Waals surface area contributed by atoms with Gasteiger partial charge in [-0.1, -0.05) is 0 Å². The number of carbonyl (C=O) groups excluding carboxylic acids is 1. The number of benzene rings is 1. The van der Waals surface area contributed by atoms with Crippen molar-refractivity contribution in [2.45, 2.75) is 18.9 Å². The van der Waals surface area contributed by atoms with Gasteiger partial charge in [0, 0.05) is 18.7 Å². The minimum atomic E-state index is -0.110. The number of amides is 1. The van der Waals surface area contributed by atoms with Crippen LogP contribution < -0.4 is 11.1 Å². The summed E-state index contributed by atoms with van der Waals surface area (Å²) in [5, 5.41) is 2.87. The summed E-state index contributed by atoms with van der Waals surface area (Å²) in [6, 6.07) is 6.90. The maximum Gasteiger partial charge on any atom is 0.251 e. The van der Waals surface area contributed by atoms with Crippen LogP contribution in [0.4, 0.5) is 5.69 Å². The highest BCUT2D eigenvalue weighted by atomic mass is 35.5. The van der Waals surface area contributed by atoms with E-state index in [1.165, 1.54) is 0 Å². The summed E-state index contributed by atoms with van der Waals surface area (Å²) in [7, 11) is 0. The topological polar surface area (TPSA) is 76.7 Å². The lowest BCUT2D eigenvalue weighted by molar-refractivity contribution is 0.0858. The van der Waals surface area contributed by atoms with Gasteiger partial charge in [0.25, 0.3) is 5.91 Å².